The van der Waals surface area contributed by atoms with Crippen LogP contribution in [0, 0.1) is 0 Å². The highest BCUT2D eigenvalue weighted by molar-refractivity contribution is 5.70. The van der Waals surface area contributed by atoms with E-state index in [-0.39, 0.29) is 49.1 Å². The summed E-state index contributed by atoms with van der Waals surface area (Å²) in [6, 6.07) is -0.735. The fourth-order valence-electron chi connectivity index (χ4n) is 6.95. The second kappa shape index (κ2) is 42.0. The fraction of sp³-hybridized carbons (Fsp3) is 0.784. The van der Waals surface area contributed by atoms with Crippen LogP contribution in [-0.2, 0) is 28.6 Å². The second-order valence-electron chi connectivity index (χ2n) is 17.4. The third kappa shape index (κ3) is 40.5. The summed E-state index contributed by atoms with van der Waals surface area (Å²) in [5, 5.41) is 11.6. The Bertz CT molecular complexity index is 1110. The van der Waals surface area contributed by atoms with Gasteiger partial charge in [0.1, 0.15) is 12.6 Å². The summed E-state index contributed by atoms with van der Waals surface area (Å²) in [5.74, 6) is -1.80. The first-order chi connectivity index (χ1) is 28.6. The number of carboxylic acid groups (broad SMARTS) is 1. The summed E-state index contributed by atoms with van der Waals surface area (Å²) in [4.78, 5) is 36.9. The Balaban J connectivity index is 4.36. The van der Waals surface area contributed by atoms with Gasteiger partial charge in [-0.3, -0.25) is 9.59 Å². The van der Waals surface area contributed by atoms with Gasteiger partial charge in [0, 0.05) is 19.3 Å². The maximum absolute atomic E-state index is 12.7. The van der Waals surface area contributed by atoms with Gasteiger partial charge in [-0.1, -0.05) is 184 Å². The van der Waals surface area contributed by atoms with E-state index in [9.17, 15) is 19.5 Å². The molecule has 59 heavy (non-hydrogen) atoms. The van der Waals surface area contributed by atoms with Crippen molar-refractivity contribution in [3.63, 3.8) is 0 Å². The van der Waals surface area contributed by atoms with E-state index in [1.807, 2.05) is 0 Å². The van der Waals surface area contributed by atoms with Gasteiger partial charge in [-0.15, -0.1) is 0 Å². The van der Waals surface area contributed by atoms with E-state index in [1.54, 1.807) is 21.1 Å². The van der Waals surface area contributed by atoms with E-state index in [0.717, 1.165) is 44.9 Å². The van der Waals surface area contributed by atoms with Gasteiger partial charge in [-0.2, -0.15) is 0 Å². The van der Waals surface area contributed by atoms with Crippen molar-refractivity contribution in [2.24, 2.45) is 0 Å². The smallest absolute Gasteiger partial charge is 0.306 e. The molecule has 2 atom stereocenters. The average molecular weight is 830 g/mol. The van der Waals surface area contributed by atoms with Gasteiger partial charge in [0.15, 0.2) is 6.10 Å². The van der Waals surface area contributed by atoms with E-state index in [2.05, 4.69) is 62.5 Å². The third-order valence-electron chi connectivity index (χ3n) is 10.7. The Hall–Kier alpha value is -2.71. The van der Waals surface area contributed by atoms with E-state index in [1.165, 1.54) is 122 Å². The highest BCUT2D eigenvalue weighted by Gasteiger charge is 2.25. The molecule has 0 fully saturated rings. The SMILES string of the molecule is CCCCC/C=C/C/C=C/C/C=C/C/C=C/CCCC(=O)OC(COCCC(C(=O)[O-])[N+](C)(C)C)COC(=O)CCCCCCCCCCCCCCCCCCCC. The molecule has 0 N–H and O–H groups in total. The van der Waals surface area contributed by atoms with Gasteiger partial charge in [0.2, 0.25) is 0 Å². The van der Waals surface area contributed by atoms with Crippen molar-refractivity contribution >= 4 is 17.9 Å². The first kappa shape index (κ1) is 56.3. The number of esters is 2. The zero-order valence-corrected chi connectivity index (χ0v) is 38.9. The number of aliphatic carboxylic acids is 1. The van der Waals surface area contributed by atoms with Crippen LogP contribution in [0.5, 0.6) is 0 Å². The molecule has 0 amide bonds. The van der Waals surface area contributed by atoms with Crippen molar-refractivity contribution in [3.05, 3.63) is 48.6 Å². The quantitative estimate of drug-likeness (QED) is 0.0261. The maximum Gasteiger partial charge on any atom is 0.306 e. The number of quaternary nitrogens is 1. The van der Waals surface area contributed by atoms with Crippen LogP contribution in [0.25, 0.3) is 0 Å². The Morgan fingerprint density at radius 1 is 0.508 bits per heavy atom. The summed E-state index contributed by atoms with van der Waals surface area (Å²) in [5.41, 5.74) is 0. The molecule has 0 aliphatic heterocycles. The monoisotopic (exact) mass is 830 g/mol. The first-order valence-corrected chi connectivity index (χ1v) is 24.2. The molecular weight excluding hydrogens is 739 g/mol. The average Bonchev–Trinajstić information content (AvgIpc) is 3.19. The molecule has 0 radical (unpaired) electrons. The molecular formula is C51H91NO7. The van der Waals surface area contributed by atoms with Crippen molar-refractivity contribution in [2.75, 3.05) is 41.0 Å². The number of rotatable bonds is 43. The number of hydrogen-bond donors (Lipinski definition) is 0. The van der Waals surface area contributed by atoms with Crippen molar-refractivity contribution < 1.29 is 38.2 Å². The highest BCUT2D eigenvalue weighted by atomic mass is 16.6. The molecule has 0 saturated carbocycles. The number of hydrogen-bond acceptors (Lipinski definition) is 7. The van der Waals surface area contributed by atoms with Crippen LogP contribution in [0.3, 0.4) is 0 Å². The standard InChI is InChI=1S/C51H91NO7/c1-6-8-10-12-14-16-18-20-22-24-26-27-29-31-33-35-37-39-41-49(53)58-46-47(45-57-44-43-48(51(55)56)52(3,4)5)59-50(54)42-40-38-36-34-32-30-28-25-23-21-19-17-15-13-11-9-7-2/h15,17,21,23,28,30,34,36,47-48H,6-14,16,18-20,22,24-27,29,31-33,35,37-46H2,1-5H3/b17-15+,23-21+,30-28+,36-34+. The summed E-state index contributed by atoms with van der Waals surface area (Å²) < 4.78 is 17.2. The zero-order chi connectivity index (χ0) is 43.5. The van der Waals surface area contributed by atoms with E-state index < -0.39 is 18.1 Å². The van der Waals surface area contributed by atoms with Gasteiger partial charge in [-0.25, -0.2) is 0 Å². The molecule has 0 bridgehead atoms. The van der Waals surface area contributed by atoms with Gasteiger partial charge in [0.25, 0.3) is 0 Å². The van der Waals surface area contributed by atoms with Gasteiger partial charge < -0.3 is 28.6 Å². The van der Waals surface area contributed by atoms with E-state index in [4.69, 9.17) is 14.2 Å². The van der Waals surface area contributed by atoms with E-state index >= 15 is 0 Å². The molecule has 342 valence electrons. The zero-order valence-electron chi connectivity index (χ0n) is 38.9. The number of carbonyl (C=O) groups excluding carboxylic acids is 3. The van der Waals surface area contributed by atoms with Crippen LogP contribution in [0.1, 0.15) is 206 Å². The number of likely N-dealkylation sites (N-methyl/N-ethyl adjacent to an activating group) is 1. The van der Waals surface area contributed by atoms with Crippen molar-refractivity contribution in [2.45, 2.75) is 219 Å². The molecule has 0 heterocycles. The van der Waals surface area contributed by atoms with Gasteiger partial charge in [-0.05, 0) is 51.4 Å². The van der Waals surface area contributed by atoms with E-state index in [0.29, 0.717) is 12.8 Å². The molecule has 0 aromatic heterocycles. The molecule has 0 aliphatic rings. The Labute approximate surface area is 363 Å². The van der Waals surface area contributed by atoms with Gasteiger partial charge >= 0.3 is 11.9 Å². The predicted octanol–water partition coefficient (Wildman–Crippen LogP) is 12.3. The summed E-state index contributed by atoms with van der Waals surface area (Å²) in [6.45, 7) is 4.59. The normalized spacial score (nSPS) is 13.3. The molecule has 0 aromatic rings. The van der Waals surface area contributed by atoms with Gasteiger partial charge in [0.05, 0.1) is 40.3 Å². The third-order valence-corrected chi connectivity index (χ3v) is 10.7. The molecule has 8 nitrogen and oxygen atoms in total. The number of carbonyl (C=O) groups is 3. The summed E-state index contributed by atoms with van der Waals surface area (Å²) in [6.07, 6.45) is 50.0. The number of unbranched alkanes of at least 4 members (excludes halogenated alkanes) is 21. The number of carboxylic acids is 1. The van der Waals surface area contributed by atoms with Crippen LogP contribution in [-0.4, -0.2) is 75.5 Å². The van der Waals surface area contributed by atoms with Crippen LogP contribution in [0.15, 0.2) is 48.6 Å². The largest absolute Gasteiger partial charge is 0.544 e. The minimum Gasteiger partial charge on any atom is -0.544 e. The topological polar surface area (TPSA) is 102 Å². The number of ether oxygens (including phenoxy) is 3. The van der Waals surface area contributed by atoms with Crippen LogP contribution in [0.2, 0.25) is 0 Å². The Morgan fingerprint density at radius 3 is 1.37 bits per heavy atom. The molecule has 0 rings (SSSR count). The lowest BCUT2D eigenvalue weighted by atomic mass is 10.0. The lowest BCUT2D eigenvalue weighted by molar-refractivity contribution is -0.889. The molecule has 0 aromatic carbocycles. The fourth-order valence-corrected chi connectivity index (χ4v) is 6.95. The first-order valence-electron chi connectivity index (χ1n) is 24.2. The highest BCUT2D eigenvalue weighted by Crippen LogP contribution is 2.15. The van der Waals surface area contributed by atoms with Crippen LogP contribution in [0.4, 0.5) is 0 Å². The summed E-state index contributed by atoms with van der Waals surface area (Å²) in [7, 11) is 5.39. The number of nitrogens with zero attached hydrogens (tertiary/aromatic N) is 1. The Kier molecular flexibility index (Phi) is 40.1. The molecule has 2 unspecified atom stereocenters. The molecule has 8 heteroatoms. The number of allylic oxidation sites excluding steroid dienone is 8. The van der Waals surface area contributed by atoms with Crippen LogP contribution < -0.4 is 5.11 Å². The predicted molar refractivity (Wildman–Crippen MR) is 245 cm³/mol. The molecule has 0 aliphatic carbocycles. The maximum atomic E-state index is 12.7. The minimum absolute atomic E-state index is 0.0201. The Morgan fingerprint density at radius 2 is 0.915 bits per heavy atom. The van der Waals surface area contributed by atoms with Crippen LogP contribution >= 0.6 is 0 Å². The minimum atomic E-state index is -1.13. The molecule has 0 saturated heterocycles. The lowest BCUT2D eigenvalue weighted by Crippen LogP contribution is -2.55. The van der Waals surface area contributed by atoms with Crippen molar-refractivity contribution in [1.82, 2.24) is 0 Å². The van der Waals surface area contributed by atoms with Crippen molar-refractivity contribution in [1.29, 1.82) is 0 Å². The van der Waals surface area contributed by atoms with Crippen molar-refractivity contribution in [3.8, 4) is 0 Å². The lowest BCUT2D eigenvalue weighted by Gasteiger charge is -2.34. The second-order valence-corrected chi connectivity index (χ2v) is 17.4. The summed E-state index contributed by atoms with van der Waals surface area (Å²) >= 11 is 0. The molecule has 0 spiro atoms.